The van der Waals surface area contributed by atoms with Gasteiger partial charge in [-0.1, -0.05) is 0 Å². The molecule has 2 rings (SSSR count). The Morgan fingerprint density at radius 1 is 1.59 bits per heavy atom. The van der Waals surface area contributed by atoms with E-state index < -0.39 is 6.10 Å². The molecule has 0 bridgehead atoms. The Morgan fingerprint density at radius 2 is 2.29 bits per heavy atom. The maximum atomic E-state index is 11.0. The zero-order chi connectivity index (χ0) is 12.4. The summed E-state index contributed by atoms with van der Waals surface area (Å²) in [5, 5.41) is 12.8. The standard InChI is InChI=1S/C11H12BrNO4/c1-13-3-9(15)6-2-8(12)7(4-14)11-10(6)16-5-17-11/h2,4,9,13,15H,3,5H2,1H3. The quantitative estimate of drug-likeness (QED) is 0.819. The SMILES string of the molecule is CNCC(O)c1cc(Br)c(C=O)c2c1OCO2. The highest BCUT2D eigenvalue weighted by Crippen LogP contribution is 2.44. The fourth-order valence-corrected chi connectivity index (χ4v) is 2.26. The van der Waals surface area contributed by atoms with Crippen LogP contribution < -0.4 is 14.8 Å². The van der Waals surface area contributed by atoms with Crippen LogP contribution in [0.2, 0.25) is 0 Å². The summed E-state index contributed by atoms with van der Waals surface area (Å²) in [5.74, 6) is 0.831. The number of aliphatic hydroxyl groups is 1. The Labute approximate surface area is 107 Å². The minimum atomic E-state index is -0.715. The van der Waals surface area contributed by atoms with Gasteiger partial charge >= 0.3 is 0 Å². The molecular formula is C11H12BrNO4. The van der Waals surface area contributed by atoms with Crippen LogP contribution in [-0.4, -0.2) is 31.8 Å². The minimum absolute atomic E-state index is 0.0614. The van der Waals surface area contributed by atoms with Gasteiger partial charge in [0.25, 0.3) is 0 Å². The van der Waals surface area contributed by atoms with Crippen LogP contribution in [0.3, 0.4) is 0 Å². The third kappa shape index (κ3) is 2.15. The molecule has 1 aliphatic rings. The van der Waals surface area contributed by atoms with Gasteiger partial charge in [-0.2, -0.15) is 0 Å². The number of ether oxygens (including phenoxy) is 2. The monoisotopic (exact) mass is 301 g/mol. The summed E-state index contributed by atoms with van der Waals surface area (Å²) in [6, 6.07) is 1.68. The molecule has 1 unspecified atom stereocenters. The van der Waals surface area contributed by atoms with E-state index >= 15 is 0 Å². The number of aliphatic hydroxyl groups excluding tert-OH is 1. The summed E-state index contributed by atoms with van der Waals surface area (Å²) in [5.41, 5.74) is 1.00. The van der Waals surface area contributed by atoms with E-state index in [0.29, 0.717) is 39.9 Å². The Balaban J connectivity index is 2.51. The number of halogens is 1. The number of hydrogen-bond acceptors (Lipinski definition) is 5. The van der Waals surface area contributed by atoms with E-state index in [2.05, 4.69) is 21.2 Å². The lowest BCUT2D eigenvalue weighted by Crippen LogP contribution is -2.17. The predicted octanol–water partition coefficient (Wildman–Crippen LogP) is 1.24. The Morgan fingerprint density at radius 3 is 2.94 bits per heavy atom. The third-order valence-corrected chi connectivity index (χ3v) is 3.19. The lowest BCUT2D eigenvalue weighted by atomic mass is 10.0. The number of carbonyl (C=O) groups excluding carboxylic acids is 1. The first kappa shape index (κ1) is 12.3. The van der Waals surface area contributed by atoms with Crippen molar-refractivity contribution in [3.8, 4) is 11.5 Å². The fourth-order valence-electron chi connectivity index (χ4n) is 1.74. The van der Waals surface area contributed by atoms with Crippen LogP contribution in [0.15, 0.2) is 10.5 Å². The van der Waals surface area contributed by atoms with Crippen LogP contribution >= 0.6 is 15.9 Å². The van der Waals surface area contributed by atoms with Crippen molar-refractivity contribution in [2.45, 2.75) is 6.10 Å². The van der Waals surface area contributed by atoms with Crippen LogP contribution in [0.5, 0.6) is 11.5 Å². The molecule has 2 N–H and O–H groups in total. The number of hydrogen-bond donors (Lipinski definition) is 2. The molecule has 0 amide bonds. The third-order valence-electron chi connectivity index (χ3n) is 2.53. The van der Waals surface area contributed by atoms with Crippen LogP contribution in [0.1, 0.15) is 22.0 Å². The van der Waals surface area contributed by atoms with Crippen molar-refractivity contribution in [1.82, 2.24) is 5.32 Å². The molecule has 1 aromatic carbocycles. The number of nitrogens with one attached hydrogen (secondary N) is 1. The Hall–Kier alpha value is -1.11. The van der Waals surface area contributed by atoms with Gasteiger partial charge < -0.3 is 19.9 Å². The molecule has 92 valence electrons. The lowest BCUT2D eigenvalue weighted by Gasteiger charge is -2.14. The van der Waals surface area contributed by atoms with Gasteiger partial charge in [-0.25, -0.2) is 0 Å². The molecule has 17 heavy (non-hydrogen) atoms. The second kappa shape index (κ2) is 5.03. The van der Waals surface area contributed by atoms with Crippen LogP contribution in [0, 0.1) is 0 Å². The second-order valence-electron chi connectivity index (χ2n) is 3.62. The highest BCUT2D eigenvalue weighted by Gasteiger charge is 2.27. The molecule has 0 spiro atoms. The van der Waals surface area contributed by atoms with E-state index in [1.54, 1.807) is 13.1 Å². The van der Waals surface area contributed by atoms with E-state index in [-0.39, 0.29) is 6.79 Å². The summed E-state index contributed by atoms with van der Waals surface area (Å²) >= 11 is 3.28. The van der Waals surface area contributed by atoms with Gasteiger partial charge in [-0.05, 0) is 29.0 Å². The van der Waals surface area contributed by atoms with Crippen molar-refractivity contribution in [2.24, 2.45) is 0 Å². The van der Waals surface area contributed by atoms with Crippen molar-refractivity contribution in [3.05, 3.63) is 21.7 Å². The van der Waals surface area contributed by atoms with Gasteiger partial charge in [-0.15, -0.1) is 0 Å². The fraction of sp³-hybridized carbons (Fsp3) is 0.364. The molecule has 1 aliphatic heterocycles. The average Bonchev–Trinajstić information content (AvgIpc) is 2.77. The number of carbonyl (C=O) groups is 1. The van der Waals surface area contributed by atoms with Gasteiger partial charge in [0.2, 0.25) is 6.79 Å². The lowest BCUT2D eigenvalue weighted by molar-refractivity contribution is 0.111. The maximum Gasteiger partial charge on any atom is 0.231 e. The van der Waals surface area contributed by atoms with E-state index in [0.717, 1.165) is 0 Å². The second-order valence-corrected chi connectivity index (χ2v) is 4.47. The Bertz CT molecular complexity index is 450. The summed E-state index contributed by atoms with van der Waals surface area (Å²) in [7, 11) is 1.75. The predicted molar refractivity (Wildman–Crippen MR) is 64.5 cm³/mol. The molecule has 0 aliphatic carbocycles. The highest BCUT2D eigenvalue weighted by atomic mass is 79.9. The molecule has 1 aromatic rings. The molecule has 1 heterocycles. The highest BCUT2D eigenvalue weighted by molar-refractivity contribution is 9.10. The zero-order valence-corrected chi connectivity index (χ0v) is 10.8. The minimum Gasteiger partial charge on any atom is -0.453 e. The normalized spacial score (nSPS) is 14.8. The largest absolute Gasteiger partial charge is 0.453 e. The van der Waals surface area contributed by atoms with Gasteiger partial charge in [0.15, 0.2) is 17.8 Å². The van der Waals surface area contributed by atoms with E-state index in [1.807, 2.05) is 0 Å². The molecule has 6 heteroatoms. The molecule has 0 saturated carbocycles. The van der Waals surface area contributed by atoms with E-state index in [1.165, 1.54) is 0 Å². The topological polar surface area (TPSA) is 67.8 Å². The molecule has 0 saturated heterocycles. The van der Waals surface area contributed by atoms with Crippen molar-refractivity contribution < 1.29 is 19.4 Å². The average molecular weight is 302 g/mol. The maximum absolute atomic E-state index is 11.0. The summed E-state index contributed by atoms with van der Waals surface area (Å²) < 4.78 is 11.1. The van der Waals surface area contributed by atoms with Crippen LogP contribution in [0.4, 0.5) is 0 Å². The number of benzene rings is 1. The van der Waals surface area contributed by atoms with Gasteiger partial charge in [-0.3, -0.25) is 4.79 Å². The number of aldehydes is 1. The molecule has 0 radical (unpaired) electrons. The zero-order valence-electron chi connectivity index (χ0n) is 9.20. The van der Waals surface area contributed by atoms with Crippen LogP contribution in [-0.2, 0) is 0 Å². The summed E-state index contributed by atoms with van der Waals surface area (Å²) in [6.07, 6.45) is -0.0151. The number of rotatable bonds is 4. The van der Waals surface area contributed by atoms with Crippen molar-refractivity contribution in [3.63, 3.8) is 0 Å². The Kier molecular flexibility index (Phi) is 3.66. The molecule has 0 aromatic heterocycles. The molecule has 5 nitrogen and oxygen atoms in total. The summed E-state index contributed by atoms with van der Waals surface area (Å²) in [4.78, 5) is 11.0. The van der Waals surface area contributed by atoms with Gasteiger partial charge in [0, 0.05) is 16.6 Å². The first-order valence-electron chi connectivity index (χ1n) is 5.08. The van der Waals surface area contributed by atoms with E-state index in [4.69, 9.17) is 9.47 Å². The van der Waals surface area contributed by atoms with Crippen molar-refractivity contribution in [1.29, 1.82) is 0 Å². The van der Waals surface area contributed by atoms with Crippen molar-refractivity contribution >= 4 is 22.2 Å². The smallest absolute Gasteiger partial charge is 0.231 e. The summed E-state index contributed by atoms with van der Waals surface area (Å²) in [6.45, 7) is 0.453. The first-order chi connectivity index (χ1) is 8.19. The number of fused-ring (bicyclic) bond motifs is 1. The van der Waals surface area contributed by atoms with Crippen LogP contribution in [0.25, 0.3) is 0 Å². The van der Waals surface area contributed by atoms with Gasteiger partial charge in [0.1, 0.15) is 0 Å². The van der Waals surface area contributed by atoms with E-state index in [9.17, 15) is 9.90 Å². The van der Waals surface area contributed by atoms with Gasteiger partial charge in [0.05, 0.1) is 11.7 Å². The molecule has 1 atom stereocenters. The van der Waals surface area contributed by atoms with Crippen molar-refractivity contribution in [2.75, 3.05) is 20.4 Å². The number of likely N-dealkylation sites (N-methyl/N-ethyl adjacent to an activating group) is 1. The molecule has 0 fully saturated rings. The molecular weight excluding hydrogens is 290 g/mol. The first-order valence-corrected chi connectivity index (χ1v) is 5.88.